The summed E-state index contributed by atoms with van der Waals surface area (Å²) in [5.74, 6) is -1.03. The molecule has 7 heteroatoms. The second-order valence-electron chi connectivity index (χ2n) is 9.22. The van der Waals surface area contributed by atoms with Crippen molar-refractivity contribution in [3.8, 4) is 32.8 Å². The van der Waals surface area contributed by atoms with Crippen molar-refractivity contribution >= 4 is 33.3 Å². The fourth-order valence-corrected chi connectivity index (χ4v) is 5.76. The normalized spacial score (nSPS) is 14.7. The number of halogens is 1. The van der Waals surface area contributed by atoms with E-state index in [4.69, 9.17) is 4.98 Å². The van der Waals surface area contributed by atoms with Gasteiger partial charge in [0.05, 0.1) is 16.0 Å². The maximum Gasteiger partial charge on any atom is 0.312 e. The monoisotopic (exact) mass is 483 g/mol. The van der Waals surface area contributed by atoms with E-state index in [1.807, 2.05) is 47.5 Å². The van der Waals surface area contributed by atoms with E-state index in [1.165, 1.54) is 12.1 Å². The van der Waals surface area contributed by atoms with Crippen molar-refractivity contribution in [1.29, 1.82) is 0 Å². The first-order chi connectivity index (χ1) is 16.9. The molecule has 5 aromatic rings. The van der Waals surface area contributed by atoms with Gasteiger partial charge in [-0.15, -0.1) is 0 Å². The molecule has 0 radical (unpaired) electrons. The van der Waals surface area contributed by atoms with Crippen LogP contribution >= 0.6 is 11.3 Å². The number of thiazole rings is 1. The van der Waals surface area contributed by atoms with Crippen molar-refractivity contribution < 1.29 is 14.3 Å². The zero-order chi connectivity index (χ0) is 24.2. The summed E-state index contributed by atoms with van der Waals surface area (Å²) in [6, 6.07) is 22.8. The van der Waals surface area contributed by atoms with E-state index in [9.17, 15) is 14.3 Å². The van der Waals surface area contributed by atoms with Gasteiger partial charge in [0, 0.05) is 41.3 Å². The van der Waals surface area contributed by atoms with Crippen molar-refractivity contribution in [2.45, 2.75) is 6.92 Å². The van der Waals surface area contributed by atoms with Crippen LogP contribution in [0.1, 0.15) is 6.92 Å². The van der Waals surface area contributed by atoms with Crippen LogP contribution in [0.25, 0.3) is 43.7 Å². The van der Waals surface area contributed by atoms with E-state index >= 15 is 0 Å². The van der Waals surface area contributed by atoms with Crippen LogP contribution in [0.2, 0.25) is 0 Å². The molecule has 3 heterocycles. The molecule has 0 bridgehead atoms. The molecule has 0 atom stereocenters. The minimum Gasteiger partial charge on any atom is -0.481 e. The van der Waals surface area contributed by atoms with Crippen molar-refractivity contribution in [3.63, 3.8) is 0 Å². The second kappa shape index (κ2) is 8.06. The quantitative estimate of drug-likeness (QED) is 0.293. The van der Waals surface area contributed by atoms with E-state index in [0.29, 0.717) is 13.1 Å². The van der Waals surface area contributed by atoms with Gasteiger partial charge in [-0.1, -0.05) is 59.9 Å². The number of aromatic amines is 1. The van der Waals surface area contributed by atoms with Crippen molar-refractivity contribution in [2.75, 3.05) is 18.0 Å². The van der Waals surface area contributed by atoms with Crippen LogP contribution < -0.4 is 4.90 Å². The highest BCUT2D eigenvalue weighted by molar-refractivity contribution is 7.19. The lowest BCUT2D eigenvalue weighted by Gasteiger charge is -2.44. The number of hydrogen-bond donors (Lipinski definition) is 2. The molecule has 1 fully saturated rings. The molecule has 2 N–H and O–H groups in total. The topological polar surface area (TPSA) is 69.2 Å². The molecule has 0 amide bonds. The molecule has 174 valence electrons. The fraction of sp³-hybridized carbons (Fsp3) is 0.143. The number of carbonyl (C=O) groups is 1. The van der Waals surface area contributed by atoms with Crippen LogP contribution in [0.3, 0.4) is 0 Å². The molecule has 0 unspecified atom stereocenters. The smallest absolute Gasteiger partial charge is 0.312 e. The number of aliphatic carboxylic acids is 1. The Labute approximate surface area is 205 Å². The number of anilines is 1. The number of carboxylic acid groups (broad SMARTS) is 1. The highest BCUT2D eigenvalue weighted by Gasteiger charge is 2.46. The first kappa shape index (κ1) is 21.6. The Morgan fingerprint density at radius 2 is 1.66 bits per heavy atom. The molecule has 35 heavy (non-hydrogen) atoms. The first-order valence-corrected chi connectivity index (χ1v) is 12.1. The Morgan fingerprint density at radius 3 is 2.34 bits per heavy atom. The van der Waals surface area contributed by atoms with Crippen LogP contribution in [0.5, 0.6) is 0 Å². The Hall–Kier alpha value is -3.97. The maximum absolute atomic E-state index is 13.3. The molecule has 6 rings (SSSR count). The third-order valence-corrected chi connectivity index (χ3v) is 7.81. The largest absolute Gasteiger partial charge is 0.481 e. The van der Waals surface area contributed by atoms with Gasteiger partial charge >= 0.3 is 5.97 Å². The minimum absolute atomic E-state index is 0.256. The Balaban J connectivity index is 1.43. The lowest BCUT2D eigenvalue weighted by atomic mass is 9.82. The molecular weight excluding hydrogens is 461 g/mol. The molecular formula is C28H22FN3O2S. The molecule has 1 saturated heterocycles. The maximum atomic E-state index is 13.3. The minimum atomic E-state index is -0.778. The number of nitrogens with zero attached hydrogens (tertiary/aromatic N) is 2. The number of benzene rings is 3. The summed E-state index contributed by atoms with van der Waals surface area (Å²) in [7, 11) is 0. The number of carboxylic acids is 1. The van der Waals surface area contributed by atoms with Gasteiger partial charge in [0.25, 0.3) is 0 Å². The Kier molecular flexibility index (Phi) is 4.96. The van der Waals surface area contributed by atoms with Crippen LogP contribution in [0.4, 0.5) is 9.52 Å². The zero-order valence-corrected chi connectivity index (χ0v) is 19.8. The third kappa shape index (κ3) is 3.68. The number of H-pyrrole nitrogens is 1. The second-order valence-corrected chi connectivity index (χ2v) is 10.2. The number of fused-ring (bicyclic) bond motifs is 1. The summed E-state index contributed by atoms with van der Waals surface area (Å²) in [6.07, 6.45) is 1.93. The average Bonchev–Trinajstić information content (AvgIpc) is 3.50. The lowest BCUT2D eigenvalue weighted by molar-refractivity contribution is -0.149. The van der Waals surface area contributed by atoms with Crippen LogP contribution in [-0.2, 0) is 4.79 Å². The van der Waals surface area contributed by atoms with Gasteiger partial charge < -0.3 is 15.0 Å². The zero-order valence-electron chi connectivity index (χ0n) is 19.0. The SMILES string of the molecule is CC1(C(=O)O)CN(c2nc(-c3ccc(-c4ccc(F)cc4)cc3)c(-c3cccc4[nH]ccc34)s2)C1. The standard InChI is InChI=1S/C28H22FN3O2S/c1-28(26(33)34)15-32(16-28)27-31-24(25(35-27)22-3-2-4-23-21(22)13-14-30-23)19-7-5-17(6-8-19)18-9-11-20(29)12-10-18/h2-14,30H,15-16H2,1H3,(H,33,34). The molecule has 1 aliphatic rings. The summed E-state index contributed by atoms with van der Waals surface area (Å²) >= 11 is 1.59. The summed E-state index contributed by atoms with van der Waals surface area (Å²) in [5.41, 5.74) is 5.18. The molecule has 1 aliphatic heterocycles. The molecule has 0 aliphatic carbocycles. The first-order valence-electron chi connectivity index (χ1n) is 11.3. The van der Waals surface area contributed by atoms with Crippen LogP contribution in [0, 0.1) is 11.2 Å². The van der Waals surface area contributed by atoms with E-state index in [2.05, 4.69) is 17.1 Å². The van der Waals surface area contributed by atoms with Crippen molar-refractivity contribution in [2.24, 2.45) is 5.41 Å². The van der Waals surface area contributed by atoms with Gasteiger partial charge in [-0.25, -0.2) is 9.37 Å². The summed E-state index contributed by atoms with van der Waals surface area (Å²) < 4.78 is 13.3. The van der Waals surface area contributed by atoms with E-state index < -0.39 is 11.4 Å². The van der Waals surface area contributed by atoms with Gasteiger partial charge in [0.1, 0.15) is 5.82 Å². The summed E-state index contributed by atoms with van der Waals surface area (Å²) in [5, 5.41) is 11.5. The molecule has 5 nitrogen and oxygen atoms in total. The van der Waals surface area contributed by atoms with Gasteiger partial charge in [0.2, 0.25) is 0 Å². The summed E-state index contributed by atoms with van der Waals surface area (Å²) in [6.45, 7) is 2.65. The molecule has 0 spiro atoms. The Bertz CT molecular complexity index is 1550. The van der Waals surface area contributed by atoms with Crippen LogP contribution in [-0.4, -0.2) is 34.1 Å². The lowest BCUT2D eigenvalue weighted by Crippen LogP contribution is -2.59. The third-order valence-electron chi connectivity index (χ3n) is 6.66. The fourth-order valence-electron chi connectivity index (χ4n) is 4.64. The highest BCUT2D eigenvalue weighted by Crippen LogP contribution is 2.45. The van der Waals surface area contributed by atoms with Crippen LogP contribution in [0.15, 0.2) is 79.0 Å². The average molecular weight is 484 g/mol. The highest BCUT2D eigenvalue weighted by atomic mass is 32.1. The number of aromatic nitrogens is 2. The Morgan fingerprint density at radius 1 is 1.00 bits per heavy atom. The van der Waals surface area contributed by atoms with E-state index in [1.54, 1.807) is 30.4 Å². The van der Waals surface area contributed by atoms with Gasteiger partial charge in [-0.3, -0.25) is 4.79 Å². The van der Waals surface area contributed by atoms with E-state index in [0.717, 1.165) is 48.9 Å². The number of nitrogens with one attached hydrogen (secondary N) is 1. The van der Waals surface area contributed by atoms with Crippen molar-refractivity contribution in [3.05, 3.63) is 84.8 Å². The van der Waals surface area contributed by atoms with E-state index in [-0.39, 0.29) is 5.82 Å². The van der Waals surface area contributed by atoms with Gasteiger partial charge in [0.15, 0.2) is 5.13 Å². The van der Waals surface area contributed by atoms with Gasteiger partial charge in [-0.2, -0.15) is 0 Å². The van der Waals surface area contributed by atoms with Crippen molar-refractivity contribution in [1.82, 2.24) is 9.97 Å². The molecule has 0 saturated carbocycles. The summed E-state index contributed by atoms with van der Waals surface area (Å²) in [4.78, 5) is 23.0. The predicted octanol–water partition coefficient (Wildman–Crippen LogP) is 6.68. The molecule has 3 aromatic carbocycles. The molecule has 2 aromatic heterocycles. The van der Waals surface area contributed by atoms with Gasteiger partial charge in [-0.05, 0) is 42.3 Å². The number of hydrogen-bond acceptors (Lipinski definition) is 4. The number of rotatable bonds is 5. The predicted molar refractivity (Wildman–Crippen MR) is 138 cm³/mol.